The van der Waals surface area contributed by atoms with E-state index in [1.807, 2.05) is 54.7 Å². The first-order valence-corrected chi connectivity index (χ1v) is 8.23. The first kappa shape index (κ1) is 14.3. The monoisotopic (exact) mass is 332 g/mol. The predicted octanol–water partition coefficient (Wildman–Crippen LogP) is 4.29. The van der Waals surface area contributed by atoms with Gasteiger partial charge in [0.25, 0.3) is 0 Å². The number of nitrogens with one attached hydrogen (secondary N) is 1. The van der Waals surface area contributed by atoms with Gasteiger partial charge in [0.15, 0.2) is 0 Å². The minimum absolute atomic E-state index is 0.238. The molecule has 1 aliphatic rings. The lowest BCUT2D eigenvalue weighted by Crippen LogP contribution is -2.03. The van der Waals surface area contributed by atoms with Gasteiger partial charge in [-0.05, 0) is 42.5 Å². The van der Waals surface area contributed by atoms with Gasteiger partial charge >= 0.3 is 0 Å². The zero-order valence-corrected chi connectivity index (χ0v) is 13.4. The summed E-state index contributed by atoms with van der Waals surface area (Å²) in [4.78, 5) is 7.61. The van der Waals surface area contributed by atoms with E-state index in [0.717, 1.165) is 45.7 Å². The molecule has 2 aromatic heterocycles. The van der Waals surface area contributed by atoms with Gasteiger partial charge in [0.05, 0.1) is 12.1 Å². The third-order valence-electron chi connectivity index (χ3n) is 4.27. The summed E-state index contributed by atoms with van der Waals surface area (Å²) < 4.78 is 17.0. The summed E-state index contributed by atoms with van der Waals surface area (Å²) in [5, 5.41) is 2.07. The molecular weight excluding hydrogens is 316 g/mol. The number of hydrogen-bond donors (Lipinski definition) is 1. The van der Waals surface area contributed by atoms with Crippen molar-refractivity contribution in [2.75, 3.05) is 13.2 Å². The number of nitrogens with zero attached hydrogens (tertiary/aromatic N) is 1. The van der Waals surface area contributed by atoms with Crippen LogP contribution in [0.1, 0.15) is 0 Å². The molecule has 1 aliphatic heterocycles. The second-order valence-corrected chi connectivity index (χ2v) is 6.08. The number of rotatable bonds is 5. The van der Waals surface area contributed by atoms with Crippen molar-refractivity contribution in [3.8, 4) is 17.2 Å². The molecule has 4 aromatic rings. The van der Waals surface area contributed by atoms with Crippen LogP contribution in [-0.4, -0.2) is 29.3 Å². The van der Waals surface area contributed by atoms with Crippen LogP contribution in [0.25, 0.3) is 21.8 Å². The van der Waals surface area contributed by atoms with Crippen molar-refractivity contribution in [2.45, 2.75) is 6.10 Å². The molecule has 0 aliphatic carbocycles. The Kier molecular flexibility index (Phi) is 3.31. The number of pyridine rings is 1. The topological polar surface area (TPSA) is 59.7 Å². The number of benzene rings is 2. The van der Waals surface area contributed by atoms with Gasteiger partial charge < -0.3 is 19.2 Å². The van der Waals surface area contributed by atoms with Gasteiger partial charge in [0, 0.05) is 34.7 Å². The van der Waals surface area contributed by atoms with Crippen LogP contribution in [0.15, 0.2) is 60.9 Å². The average Bonchev–Trinajstić information content (AvgIpc) is 3.36. The molecular formula is C20H16N2O3. The highest BCUT2D eigenvalue weighted by Gasteiger charge is 2.23. The van der Waals surface area contributed by atoms with Gasteiger partial charge in [0.2, 0.25) is 0 Å². The van der Waals surface area contributed by atoms with Gasteiger partial charge in [-0.2, -0.15) is 0 Å². The molecule has 5 nitrogen and oxygen atoms in total. The van der Waals surface area contributed by atoms with E-state index in [9.17, 15) is 0 Å². The van der Waals surface area contributed by atoms with Crippen molar-refractivity contribution in [3.05, 3.63) is 60.9 Å². The van der Waals surface area contributed by atoms with Crippen molar-refractivity contribution >= 4 is 21.8 Å². The molecule has 25 heavy (non-hydrogen) atoms. The minimum atomic E-state index is 0.238. The molecule has 1 atom stereocenters. The van der Waals surface area contributed by atoms with Crippen LogP contribution in [0.2, 0.25) is 0 Å². The maximum atomic E-state index is 6.10. The quantitative estimate of drug-likeness (QED) is 0.554. The maximum Gasteiger partial charge on any atom is 0.138 e. The van der Waals surface area contributed by atoms with Crippen LogP contribution in [0, 0.1) is 0 Å². The van der Waals surface area contributed by atoms with E-state index >= 15 is 0 Å². The Labute approximate surface area is 144 Å². The average molecular weight is 332 g/mol. The summed E-state index contributed by atoms with van der Waals surface area (Å²) in [7, 11) is 0. The van der Waals surface area contributed by atoms with Crippen molar-refractivity contribution in [3.63, 3.8) is 0 Å². The molecule has 1 N–H and O–H groups in total. The molecule has 2 aromatic carbocycles. The van der Waals surface area contributed by atoms with E-state index < -0.39 is 0 Å². The molecule has 0 bridgehead atoms. The van der Waals surface area contributed by atoms with Gasteiger partial charge in [-0.25, -0.2) is 0 Å². The Morgan fingerprint density at radius 2 is 2.00 bits per heavy atom. The van der Waals surface area contributed by atoms with E-state index in [2.05, 4.69) is 9.97 Å². The summed E-state index contributed by atoms with van der Waals surface area (Å²) in [6.45, 7) is 1.37. The van der Waals surface area contributed by atoms with Crippen molar-refractivity contribution in [2.24, 2.45) is 0 Å². The molecule has 5 rings (SSSR count). The van der Waals surface area contributed by atoms with Crippen LogP contribution >= 0.6 is 0 Å². The normalized spacial score (nSPS) is 16.2. The van der Waals surface area contributed by atoms with E-state index in [0.29, 0.717) is 6.61 Å². The molecule has 0 unspecified atom stereocenters. The number of hydrogen-bond acceptors (Lipinski definition) is 4. The number of fused-ring (bicyclic) bond motifs is 2. The predicted molar refractivity (Wildman–Crippen MR) is 95.4 cm³/mol. The van der Waals surface area contributed by atoms with Crippen LogP contribution in [0.4, 0.5) is 0 Å². The first-order chi connectivity index (χ1) is 12.3. The van der Waals surface area contributed by atoms with Crippen LogP contribution < -0.4 is 9.47 Å². The smallest absolute Gasteiger partial charge is 0.138 e. The Hall–Kier alpha value is -3.05. The highest BCUT2D eigenvalue weighted by molar-refractivity contribution is 5.86. The molecule has 124 valence electrons. The minimum Gasteiger partial charge on any atom is -0.491 e. The lowest BCUT2D eigenvalue weighted by Gasteiger charge is -2.10. The Bertz CT molecular complexity index is 1050. The molecule has 0 saturated carbocycles. The fourth-order valence-corrected chi connectivity index (χ4v) is 2.86. The highest BCUT2D eigenvalue weighted by Crippen LogP contribution is 2.32. The van der Waals surface area contributed by atoms with E-state index in [-0.39, 0.29) is 6.10 Å². The summed E-state index contributed by atoms with van der Waals surface area (Å²) in [5.74, 6) is 2.36. The van der Waals surface area contributed by atoms with Crippen molar-refractivity contribution < 1.29 is 14.2 Å². The van der Waals surface area contributed by atoms with Crippen molar-refractivity contribution in [1.29, 1.82) is 0 Å². The van der Waals surface area contributed by atoms with Gasteiger partial charge in [-0.15, -0.1) is 0 Å². The van der Waals surface area contributed by atoms with Crippen LogP contribution in [0.5, 0.6) is 17.2 Å². The lowest BCUT2D eigenvalue weighted by atomic mass is 10.2. The molecule has 1 saturated heterocycles. The number of epoxide rings is 1. The van der Waals surface area contributed by atoms with E-state index in [1.54, 1.807) is 6.20 Å². The molecule has 5 heteroatoms. The zero-order chi connectivity index (χ0) is 16.6. The van der Waals surface area contributed by atoms with E-state index in [1.165, 1.54) is 0 Å². The Morgan fingerprint density at radius 1 is 1.08 bits per heavy atom. The molecule has 0 amide bonds. The number of H-pyrrole nitrogens is 1. The van der Waals surface area contributed by atoms with Gasteiger partial charge in [0.1, 0.15) is 30.0 Å². The van der Waals surface area contributed by atoms with Gasteiger partial charge in [-0.1, -0.05) is 0 Å². The second-order valence-electron chi connectivity index (χ2n) is 6.08. The Balaban J connectivity index is 1.45. The summed E-state index contributed by atoms with van der Waals surface area (Å²) in [6.07, 6.45) is 3.91. The SMILES string of the molecule is c1cc(Oc2ccc3[nH]ccc3c2)c2ccc(OC[C@H]3CO3)cc2n1. The van der Waals surface area contributed by atoms with Crippen LogP contribution in [0.3, 0.4) is 0 Å². The first-order valence-electron chi connectivity index (χ1n) is 8.23. The number of aromatic nitrogens is 2. The molecule has 0 radical (unpaired) electrons. The summed E-state index contributed by atoms with van der Waals surface area (Å²) >= 11 is 0. The lowest BCUT2D eigenvalue weighted by molar-refractivity contribution is 0.263. The van der Waals surface area contributed by atoms with Crippen molar-refractivity contribution in [1.82, 2.24) is 9.97 Å². The maximum absolute atomic E-state index is 6.10. The summed E-state index contributed by atoms with van der Waals surface area (Å²) in [5.41, 5.74) is 1.93. The standard InChI is InChI=1S/C20H16N2O3/c1-3-17-19(10-14(1)23-11-16-12-24-16)22-8-6-20(17)25-15-2-4-18-13(9-15)5-7-21-18/h1-10,16,21H,11-12H2/t16-/m0/s1. The third kappa shape index (κ3) is 2.90. The highest BCUT2D eigenvalue weighted by atomic mass is 16.6. The molecule has 1 fully saturated rings. The summed E-state index contributed by atoms with van der Waals surface area (Å²) in [6, 6.07) is 15.7. The third-order valence-corrected chi connectivity index (χ3v) is 4.27. The number of aromatic amines is 1. The number of ether oxygens (including phenoxy) is 3. The zero-order valence-electron chi connectivity index (χ0n) is 13.4. The largest absolute Gasteiger partial charge is 0.491 e. The van der Waals surface area contributed by atoms with E-state index in [4.69, 9.17) is 14.2 Å². The Morgan fingerprint density at radius 3 is 2.92 bits per heavy atom. The fourth-order valence-electron chi connectivity index (χ4n) is 2.86. The van der Waals surface area contributed by atoms with Crippen LogP contribution in [-0.2, 0) is 4.74 Å². The molecule has 0 spiro atoms. The molecule has 3 heterocycles. The van der Waals surface area contributed by atoms with Gasteiger partial charge in [-0.3, -0.25) is 4.98 Å². The second kappa shape index (κ2) is 5.79. The fraction of sp³-hybridized carbons (Fsp3) is 0.150.